The average Bonchev–Trinajstić information content (AvgIpc) is 2.30. The number of hydrogen-bond acceptors (Lipinski definition) is 2. The second-order valence-electron chi connectivity index (χ2n) is 4.22. The van der Waals surface area contributed by atoms with E-state index in [2.05, 4.69) is 22.9 Å². The summed E-state index contributed by atoms with van der Waals surface area (Å²) in [7, 11) is 0. The molecular weight excluding hydrogens is 280 g/mol. The maximum absolute atomic E-state index is 11.8. The topological polar surface area (TPSA) is 26.3 Å². The van der Waals surface area contributed by atoms with Gasteiger partial charge in [0.05, 0.1) is 11.7 Å². The third-order valence-corrected chi connectivity index (χ3v) is 3.13. The van der Waals surface area contributed by atoms with Crippen LogP contribution in [0.2, 0.25) is 0 Å². The van der Waals surface area contributed by atoms with E-state index >= 15 is 0 Å². The van der Waals surface area contributed by atoms with Crippen LogP contribution in [0.5, 0.6) is 0 Å². The summed E-state index contributed by atoms with van der Waals surface area (Å²) in [6, 6.07) is 7.23. The lowest BCUT2D eigenvalue weighted by atomic mass is 10.1. The first-order valence-electron chi connectivity index (χ1n) is 6.10. The van der Waals surface area contributed by atoms with Gasteiger partial charge in [-0.15, -0.1) is 0 Å². The number of carbonyl (C=O) groups excluding carboxylic acids is 1. The van der Waals surface area contributed by atoms with Crippen LogP contribution in [0.1, 0.15) is 49.9 Å². The molecule has 1 atom stereocenters. The minimum Gasteiger partial charge on any atom is -0.459 e. The van der Waals surface area contributed by atoms with Crippen molar-refractivity contribution in [2.24, 2.45) is 0 Å². The lowest BCUT2D eigenvalue weighted by Crippen LogP contribution is -2.14. The summed E-state index contributed by atoms with van der Waals surface area (Å²) in [5.41, 5.74) is 0.607. The Kier molecular flexibility index (Phi) is 6.27. The van der Waals surface area contributed by atoms with Gasteiger partial charge in [-0.1, -0.05) is 35.7 Å². The number of carbonyl (C=O) groups is 1. The number of rotatable bonds is 6. The molecule has 0 aliphatic rings. The standard InChI is InChI=1S/C14H19BrO2/c1-3-4-5-6-11(2)17-14(16)12-7-9-13(15)10-8-12/h7-11H,3-6H2,1-2H3/t11-/m1/s1. The van der Waals surface area contributed by atoms with Crippen molar-refractivity contribution in [2.75, 3.05) is 0 Å². The smallest absolute Gasteiger partial charge is 0.338 e. The Labute approximate surface area is 111 Å². The Morgan fingerprint density at radius 3 is 2.53 bits per heavy atom. The van der Waals surface area contributed by atoms with E-state index in [1.165, 1.54) is 12.8 Å². The molecule has 2 nitrogen and oxygen atoms in total. The molecule has 0 unspecified atom stereocenters. The summed E-state index contributed by atoms with van der Waals surface area (Å²) >= 11 is 3.34. The molecule has 0 aliphatic heterocycles. The zero-order valence-corrected chi connectivity index (χ0v) is 12.0. The van der Waals surface area contributed by atoms with Crippen molar-refractivity contribution >= 4 is 21.9 Å². The highest BCUT2D eigenvalue weighted by Crippen LogP contribution is 2.13. The molecular formula is C14H19BrO2. The summed E-state index contributed by atoms with van der Waals surface area (Å²) < 4.78 is 6.33. The highest BCUT2D eigenvalue weighted by atomic mass is 79.9. The van der Waals surface area contributed by atoms with Crippen molar-refractivity contribution in [3.63, 3.8) is 0 Å². The molecule has 0 fully saturated rings. The predicted molar refractivity (Wildman–Crippen MR) is 73.2 cm³/mol. The van der Waals surface area contributed by atoms with E-state index in [1.807, 2.05) is 19.1 Å². The number of ether oxygens (including phenoxy) is 1. The van der Waals surface area contributed by atoms with Gasteiger partial charge in [0.2, 0.25) is 0 Å². The summed E-state index contributed by atoms with van der Waals surface area (Å²) in [5, 5.41) is 0. The molecule has 94 valence electrons. The molecule has 0 aromatic heterocycles. The van der Waals surface area contributed by atoms with Crippen LogP contribution in [-0.4, -0.2) is 12.1 Å². The van der Waals surface area contributed by atoms with Gasteiger partial charge in [-0.2, -0.15) is 0 Å². The van der Waals surface area contributed by atoms with Crippen LogP contribution in [0, 0.1) is 0 Å². The molecule has 0 N–H and O–H groups in total. The van der Waals surface area contributed by atoms with E-state index in [1.54, 1.807) is 12.1 Å². The second-order valence-corrected chi connectivity index (χ2v) is 5.13. The predicted octanol–water partition coefficient (Wildman–Crippen LogP) is 4.57. The van der Waals surface area contributed by atoms with Crippen LogP contribution in [0.15, 0.2) is 28.7 Å². The lowest BCUT2D eigenvalue weighted by molar-refractivity contribution is 0.0319. The fourth-order valence-corrected chi connectivity index (χ4v) is 1.84. The van der Waals surface area contributed by atoms with Gasteiger partial charge in [-0.3, -0.25) is 0 Å². The summed E-state index contributed by atoms with van der Waals surface area (Å²) in [4.78, 5) is 11.8. The van der Waals surface area contributed by atoms with Gasteiger partial charge < -0.3 is 4.74 Å². The number of hydrogen-bond donors (Lipinski definition) is 0. The zero-order valence-electron chi connectivity index (χ0n) is 10.4. The van der Waals surface area contributed by atoms with Gasteiger partial charge in [0.15, 0.2) is 0 Å². The van der Waals surface area contributed by atoms with Gasteiger partial charge in [0, 0.05) is 4.47 Å². The third kappa shape index (κ3) is 5.35. The SMILES string of the molecule is CCCCC[C@@H](C)OC(=O)c1ccc(Br)cc1. The minimum atomic E-state index is -0.235. The molecule has 1 rings (SSSR count). The van der Waals surface area contributed by atoms with Gasteiger partial charge in [0.1, 0.15) is 0 Å². The Balaban J connectivity index is 2.40. The lowest BCUT2D eigenvalue weighted by Gasteiger charge is -2.12. The van der Waals surface area contributed by atoms with Crippen molar-refractivity contribution in [1.82, 2.24) is 0 Å². The number of unbranched alkanes of at least 4 members (excludes halogenated alkanes) is 2. The number of esters is 1. The first kappa shape index (κ1) is 14.2. The quantitative estimate of drug-likeness (QED) is 0.568. The minimum absolute atomic E-state index is 0.00213. The maximum atomic E-state index is 11.8. The highest BCUT2D eigenvalue weighted by Gasteiger charge is 2.11. The Bertz CT molecular complexity index is 346. The molecule has 0 radical (unpaired) electrons. The van der Waals surface area contributed by atoms with Crippen LogP contribution < -0.4 is 0 Å². The van der Waals surface area contributed by atoms with Gasteiger partial charge in [-0.05, 0) is 44.0 Å². The zero-order chi connectivity index (χ0) is 12.7. The number of benzene rings is 1. The van der Waals surface area contributed by atoms with E-state index in [4.69, 9.17) is 4.74 Å². The molecule has 1 aromatic rings. The molecule has 0 aliphatic carbocycles. The normalized spacial score (nSPS) is 12.2. The van der Waals surface area contributed by atoms with Gasteiger partial charge >= 0.3 is 5.97 Å². The van der Waals surface area contributed by atoms with Crippen LogP contribution in [-0.2, 0) is 4.74 Å². The first-order chi connectivity index (χ1) is 8.13. The number of halogens is 1. The molecule has 0 bridgehead atoms. The molecule has 0 saturated heterocycles. The average molecular weight is 299 g/mol. The molecule has 0 heterocycles. The van der Waals surface area contributed by atoms with E-state index in [0.29, 0.717) is 5.56 Å². The van der Waals surface area contributed by atoms with Crippen LogP contribution in [0.3, 0.4) is 0 Å². The molecule has 1 aromatic carbocycles. The van der Waals surface area contributed by atoms with Crippen LogP contribution in [0.4, 0.5) is 0 Å². The van der Waals surface area contributed by atoms with E-state index in [-0.39, 0.29) is 12.1 Å². The van der Waals surface area contributed by atoms with Crippen molar-refractivity contribution in [1.29, 1.82) is 0 Å². The summed E-state index contributed by atoms with van der Waals surface area (Å²) in [5.74, 6) is -0.235. The molecule has 17 heavy (non-hydrogen) atoms. The Morgan fingerprint density at radius 2 is 1.94 bits per heavy atom. The molecule has 0 spiro atoms. The van der Waals surface area contributed by atoms with Crippen molar-refractivity contribution in [2.45, 2.75) is 45.6 Å². The largest absolute Gasteiger partial charge is 0.459 e. The maximum Gasteiger partial charge on any atom is 0.338 e. The summed E-state index contributed by atoms with van der Waals surface area (Å²) in [6.07, 6.45) is 4.44. The molecule has 0 amide bonds. The summed E-state index contributed by atoms with van der Waals surface area (Å²) in [6.45, 7) is 4.12. The van der Waals surface area contributed by atoms with Crippen molar-refractivity contribution in [3.05, 3.63) is 34.3 Å². The highest BCUT2D eigenvalue weighted by molar-refractivity contribution is 9.10. The first-order valence-corrected chi connectivity index (χ1v) is 6.89. The second kappa shape index (κ2) is 7.49. The van der Waals surface area contributed by atoms with Crippen LogP contribution in [0.25, 0.3) is 0 Å². The van der Waals surface area contributed by atoms with E-state index < -0.39 is 0 Å². The van der Waals surface area contributed by atoms with Crippen molar-refractivity contribution < 1.29 is 9.53 Å². The molecule has 3 heteroatoms. The fourth-order valence-electron chi connectivity index (χ4n) is 1.58. The monoisotopic (exact) mass is 298 g/mol. The fraction of sp³-hybridized carbons (Fsp3) is 0.500. The Hall–Kier alpha value is -0.830. The third-order valence-electron chi connectivity index (χ3n) is 2.60. The van der Waals surface area contributed by atoms with Gasteiger partial charge in [0.25, 0.3) is 0 Å². The van der Waals surface area contributed by atoms with E-state index in [9.17, 15) is 4.79 Å². The van der Waals surface area contributed by atoms with Gasteiger partial charge in [-0.25, -0.2) is 4.79 Å². The van der Waals surface area contributed by atoms with E-state index in [0.717, 1.165) is 17.3 Å². The van der Waals surface area contributed by atoms with Crippen LogP contribution >= 0.6 is 15.9 Å². The molecule has 0 saturated carbocycles. The van der Waals surface area contributed by atoms with Crippen molar-refractivity contribution in [3.8, 4) is 0 Å². The Morgan fingerprint density at radius 1 is 1.29 bits per heavy atom.